The molecule has 2 fully saturated rings. The molecule has 0 aromatic carbocycles. The lowest BCUT2D eigenvalue weighted by Crippen LogP contribution is -2.42. The fourth-order valence-electron chi connectivity index (χ4n) is 2.84. The van der Waals surface area contributed by atoms with E-state index < -0.39 is 0 Å². The standard InChI is InChI=1S/C10H20N2O.C6H13NO.C2H6/c1-3-12(4-2)10(13)9-6-5-7-11-8-9;1-5-3-7-4-6(2)8-5;1-2/h9,11H,3-8H2,1-2H3;5-7H,3-4H2,1-2H3;1-2H3. The van der Waals surface area contributed by atoms with Crippen LogP contribution in [0.4, 0.5) is 0 Å². The fourth-order valence-corrected chi connectivity index (χ4v) is 2.84. The van der Waals surface area contributed by atoms with Crippen LogP contribution in [0.25, 0.3) is 0 Å². The normalized spacial score (nSPS) is 27.0. The number of morpholine rings is 1. The Morgan fingerprint density at radius 2 is 1.61 bits per heavy atom. The van der Waals surface area contributed by atoms with Gasteiger partial charge in [0.25, 0.3) is 0 Å². The Morgan fingerprint density at radius 3 is 1.96 bits per heavy atom. The van der Waals surface area contributed by atoms with Crippen molar-refractivity contribution in [3.63, 3.8) is 0 Å². The third-order valence-corrected chi connectivity index (χ3v) is 4.05. The quantitative estimate of drug-likeness (QED) is 0.834. The molecule has 0 saturated carbocycles. The van der Waals surface area contributed by atoms with E-state index in [1.54, 1.807) is 0 Å². The van der Waals surface area contributed by atoms with Crippen molar-refractivity contribution in [1.29, 1.82) is 0 Å². The number of nitrogens with zero attached hydrogens (tertiary/aromatic N) is 1. The van der Waals surface area contributed by atoms with Gasteiger partial charge in [0.05, 0.1) is 18.1 Å². The number of amides is 1. The van der Waals surface area contributed by atoms with Crippen molar-refractivity contribution in [2.24, 2.45) is 5.92 Å². The minimum atomic E-state index is 0.230. The van der Waals surface area contributed by atoms with Gasteiger partial charge >= 0.3 is 0 Å². The Labute approximate surface area is 143 Å². The molecule has 2 heterocycles. The lowest BCUT2D eigenvalue weighted by Gasteiger charge is -2.27. The molecule has 2 aliphatic heterocycles. The molecule has 5 nitrogen and oxygen atoms in total. The first-order valence-corrected chi connectivity index (χ1v) is 9.44. The Bertz CT molecular complexity index is 282. The maximum absolute atomic E-state index is 11.8. The maximum Gasteiger partial charge on any atom is 0.226 e. The summed E-state index contributed by atoms with van der Waals surface area (Å²) >= 11 is 0. The van der Waals surface area contributed by atoms with Crippen LogP contribution < -0.4 is 10.6 Å². The van der Waals surface area contributed by atoms with E-state index in [0.717, 1.165) is 52.1 Å². The van der Waals surface area contributed by atoms with Gasteiger partial charge in [-0.2, -0.15) is 0 Å². The molecule has 2 rings (SSSR count). The van der Waals surface area contributed by atoms with Crippen molar-refractivity contribution < 1.29 is 9.53 Å². The summed E-state index contributed by atoms with van der Waals surface area (Å²) in [6.07, 6.45) is 3.00. The van der Waals surface area contributed by atoms with Crippen LogP contribution in [0.1, 0.15) is 54.4 Å². The number of rotatable bonds is 3. The summed E-state index contributed by atoms with van der Waals surface area (Å²) in [6.45, 7) is 17.9. The Kier molecular flexibility index (Phi) is 13.4. The van der Waals surface area contributed by atoms with E-state index in [2.05, 4.69) is 24.5 Å². The highest BCUT2D eigenvalue weighted by Gasteiger charge is 2.23. The zero-order valence-electron chi connectivity index (χ0n) is 16.2. The average Bonchev–Trinajstić information content (AvgIpc) is 2.59. The Hall–Kier alpha value is -0.650. The number of carbonyl (C=O) groups excluding carboxylic acids is 1. The van der Waals surface area contributed by atoms with Gasteiger partial charge in [0.2, 0.25) is 5.91 Å². The second-order valence-corrected chi connectivity index (χ2v) is 5.97. The smallest absolute Gasteiger partial charge is 0.226 e. The van der Waals surface area contributed by atoms with Crippen LogP contribution >= 0.6 is 0 Å². The lowest BCUT2D eigenvalue weighted by atomic mass is 9.98. The van der Waals surface area contributed by atoms with E-state index >= 15 is 0 Å². The van der Waals surface area contributed by atoms with Gasteiger partial charge in [0, 0.05) is 32.7 Å². The molecule has 0 aliphatic carbocycles. The topological polar surface area (TPSA) is 53.6 Å². The van der Waals surface area contributed by atoms with Crippen LogP contribution in [0.5, 0.6) is 0 Å². The highest BCUT2D eigenvalue weighted by Crippen LogP contribution is 2.12. The van der Waals surface area contributed by atoms with E-state index in [1.165, 1.54) is 0 Å². The minimum absolute atomic E-state index is 0.230. The summed E-state index contributed by atoms with van der Waals surface area (Å²) in [5.41, 5.74) is 0. The van der Waals surface area contributed by atoms with Gasteiger partial charge in [-0.1, -0.05) is 13.8 Å². The van der Waals surface area contributed by atoms with Crippen LogP contribution in [-0.2, 0) is 9.53 Å². The van der Waals surface area contributed by atoms with Gasteiger partial charge < -0.3 is 20.3 Å². The Balaban J connectivity index is 0.000000414. The van der Waals surface area contributed by atoms with Gasteiger partial charge in [0.15, 0.2) is 0 Å². The van der Waals surface area contributed by atoms with Crippen molar-refractivity contribution in [3.8, 4) is 0 Å². The molecule has 3 atom stereocenters. The minimum Gasteiger partial charge on any atom is -0.373 e. The third kappa shape index (κ3) is 9.28. The fraction of sp³-hybridized carbons (Fsp3) is 0.944. The molecule has 23 heavy (non-hydrogen) atoms. The first-order chi connectivity index (χ1) is 11.1. The van der Waals surface area contributed by atoms with Gasteiger partial charge in [-0.05, 0) is 47.1 Å². The summed E-state index contributed by atoms with van der Waals surface area (Å²) in [4.78, 5) is 13.8. The molecule has 0 bridgehead atoms. The molecule has 2 aliphatic rings. The third-order valence-electron chi connectivity index (χ3n) is 4.05. The van der Waals surface area contributed by atoms with Gasteiger partial charge in [-0.25, -0.2) is 0 Å². The molecule has 0 aromatic rings. The van der Waals surface area contributed by atoms with Gasteiger partial charge in [-0.3, -0.25) is 4.79 Å². The molecule has 5 heteroatoms. The number of ether oxygens (including phenoxy) is 1. The SMILES string of the molecule is CC.CC1CNCC(C)O1.CCN(CC)C(=O)C1CCCNC1. The highest BCUT2D eigenvalue weighted by atomic mass is 16.5. The largest absolute Gasteiger partial charge is 0.373 e. The zero-order valence-corrected chi connectivity index (χ0v) is 16.2. The number of hydrogen-bond donors (Lipinski definition) is 2. The summed E-state index contributed by atoms with van der Waals surface area (Å²) in [7, 11) is 0. The zero-order chi connectivity index (χ0) is 17.7. The summed E-state index contributed by atoms with van der Waals surface area (Å²) < 4.78 is 5.42. The van der Waals surface area contributed by atoms with E-state index in [9.17, 15) is 4.79 Å². The molecule has 138 valence electrons. The predicted molar refractivity (Wildman–Crippen MR) is 97.7 cm³/mol. The number of hydrogen-bond acceptors (Lipinski definition) is 4. The van der Waals surface area contributed by atoms with E-state index in [4.69, 9.17) is 4.74 Å². The highest BCUT2D eigenvalue weighted by molar-refractivity contribution is 5.79. The van der Waals surface area contributed by atoms with Gasteiger partial charge in [0.1, 0.15) is 0 Å². The lowest BCUT2D eigenvalue weighted by molar-refractivity contribution is -0.135. The van der Waals surface area contributed by atoms with Crippen molar-refractivity contribution in [2.45, 2.75) is 66.6 Å². The van der Waals surface area contributed by atoms with Crippen LogP contribution in [0.2, 0.25) is 0 Å². The second-order valence-electron chi connectivity index (χ2n) is 5.97. The first-order valence-electron chi connectivity index (χ1n) is 9.44. The second kappa shape index (κ2) is 13.8. The molecule has 0 aromatic heterocycles. The number of nitrogens with one attached hydrogen (secondary N) is 2. The summed E-state index contributed by atoms with van der Waals surface area (Å²) in [5, 5.41) is 6.53. The van der Waals surface area contributed by atoms with Crippen LogP contribution in [-0.4, -0.2) is 62.3 Å². The molecular weight excluding hydrogens is 290 g/mol. The van der Waals surface area contributed by atoms with Crippen LogP contribution in [0, 0.1) is 5.92 Å². The van der Waals surface area contributed by atoms with Crippen molar-refractivity contribution in [1.82, 2.24) is 15.5 Å². The van der Waals surface area contributed by atoms with E-state index in [-0.39, 0.29) is 5.92 Å². The van der Waals surface area contributed by atoms with Gasteiger partial charge in [-0.15, -0.1) is 0 Å². The molecular formula is C18H39N3O2. The predicted octanol–water partition coefficient (Wildman–Crippen LogP) is 2.26. The molecule has 2 saturated heterocycles. The maximum atomic E-state index is 11.8. The monoisotopic (exact) mass is 329 g/mol. The first kappa shape index (κ1) is 22.4. The van der Waals surface area contributed by atoms with Crippen LogP contribution in [0.15, 0.2) is 0 Å². The van der Waals surface area contributed by atoms with Crippen molar-refractivity contribution >= 4 is 5.91 Å². The summed E-state index contributed by atoms with van der Waals surface area (Å²) in [6, 6.07) is 0. The summed E-state index contributed by atoms with van der Waals surface area (Å²) in [5.74, 6) is 0.561. The van der Waals surface area contributed by atoms with Crippen molar-refractivity contribution in [3.05, 3.63) is 0 Å². The molecule has 0 spiro atoms. The van der Waals surface area contributed by atoms with E-state index in [0.29, 0.717) is 18.1 Å². The molecule has 1 amide bonds. The van der Waals surface area contributed by atoms with E-state index in [1.807, 2.05) is 32.6 Å². The number of piperidine rings is 1. The van der Waals surface area contributed by atoms with Crippen LogP contribution in [0.3, 0.4) is 0 Å². The molecule has 0 radical (unpaired) electrons. The average molecular weight is 330 g/mol. The Morgan fingerprint density at radius 1 is 1.04 bits per heavy atom. The number of carbonyl (C=O) groups is 1. The molecule has 3 unspecified atom stereocenters. The molecule has 2 N–H and O–H groups in total. The van der Waals surface area contributed by atoms with Crippen molar-refractivity contribution in [2.75, 3.05) is 39.3 Å².